The predicted octanol–water partition coefficient (Wildman–Crippen LogP) is 3.35. The van der Waals surface area contributed by atoms with E-state index in [1.165, 1.54) is 31.5 Å². The lowest BCUT2D eigenvalue weighted by molar-refractivity contribution is -0.0102. The van der Waals surface area contributed by atoms with Gasteiger partial charge in [-0.05, 0) is 61.7 Å². The van der Waals surface area contributed by atoms with Gasteiger partial charge in [0.2, 0.25) is 0 Å². The van der Waals surface area contributed by atoms with Crippen molar-refractivity contribution in [3.63, 3.8) is 0 Å². The Balaban J connectivity index is 1.48. The summed E-state index contributed by atoms with van der Waals surface area (Å²) in [5.41, 5.74) is 1.42. The number of piperidine rings is 3. The molecular formula is C21H26N2O2. The van der Waals surface area contributed by atoms with E-state index in [2.05, 4.69) is 34.1 Å². The van der Waals surface area contributed by atoms with Crippen LogP contribution >= 0.6 is 0 Å². The lowest BCUT2D eigenvalue weighted by Gasteiger charge is -2.51. The molecule has 0 aliphatic carbocycles. The van der Waals surface area contributed by atoms with E-state index in [0.717, 1.165) is 30.5 Å². The van der Waals surface area contributed by atoms with Gasteiger partial charge in [-0.2, -0.15) is 0 Å². The summed E-state index contributed by atoms with van der Waals surface area (Å²) in [5, 5.41) is 0. The van der Waals surface area contributed by atoms with Crippen molar-refractivity contribution in [2.75, 3.05) is 26.7 Å². The first kappa shape index (κ1) is 15.5. The van der Waals surface area contributed by atoms with Crippen molar-refractivity contribution in [2.45, 2.75) is 37.4 Å². The average Bonchev–Trinajstić information content (AvgIpc) is 3.32. The Morgan fingerprint density at radius 1 is 1.12 bits per heavy atom. The van der Waals surface area contributed by atoms with Crippen LogP contribution in [-0.4, -0.2) is 48.6 Å². The predicted molar refractivity (Wildman–Crippen MR) is 96.7 cm³/mol. The fourth-order valence-corrected chi connectivity index (χ4v) is 5.49. The molecule has 6 rings (SSSR count). The maximum absolute atomic E-state index is 5.66. The Kier molecular flexibility index (Phi) is 3.83. The minimum atomic E-state index is 0.554. The number of ether oxygens (including phenoxy) is 1. The van der Waals surface area contributed by atoms with E-state index in [4.69, 9.17) is 9.15 Å². The molecule has 2 aromatic rings. The molecule has 0 amide bonds. The molecule has 0 N–H and O–H groups in total. The van der Waals surface area contributed by atoms with Gasteiger partial charge in [-0.3, -0.25) is 9.80 Å². The topological polar surface area (TPSA) is 28.9 Å². The van der Waals surface area contributed by atoms with Crippen LogP contribution in [0.25, 0.3) is 0 Å². The third-order valence-electron chi connectivity index (χ3n) is 6.55. The first-order valence-corrected chi connectivity index (χ1v) is 9.48. The van der Waals surface area contributed by atoms with Gasteiger partial charge in [0.05, 0.1) is 19.9 Å². The average molecular weight is 338 g/mol. The fourth-order valence-electron chi connectivity index (χ4n) is 5.49. The van der Waals surface area contributed by atoms with Crippen LogP contribution in [0.3, 0.4) is 0 Å². The number of benzene rings is 1. The monoisotopic (exact) mass is 338 g/mol. The van der Waals surface area contributed by atoms with Crippen molar-refractivity contribution in [3.8, 4) is 5.75 Å². The molecule has 4 heteroatoms. The highest BCUT2D eigenvalue weighted by molar-refractivity contribution is 5.34. The molecular weight excluding hydrogens is 312 g/mol. The second-order valence-electron chi connectivity index (χ2n) is 7.75. The van der Waals surface area contributed by atoms with Gasteiger partial charge < -0.3 is 9.15 Å². The Hall–Kier alpha value is -1.78. The third-order valence-corrected chi connectivity index (χ3v) is 6.55. The number of fused-ring (bicyclic) bond motifs is 2. The van der Waals surface area contributed by atoms with Gasteiger partial charge in [-0.1, -0.05) is 12.1 Å². The van der Waals surface area contributed by atoms with Gasteiger partial charge >= 0.3 is 0 Å². The number of methoxy groups -OCH3 is 1. The van der Waals surface area contributed by atoms with Crippen molar-refractivity contribution >= 4 is 0 Å². The molecule has 3 atom stereocenters. The quantitative estimate of drug-likeness (QED) is 0.855. The number of hydrogen-bond donors (Lipinski definition) is 0. The molecule has 4 aliphatic rings. The van der Waals surface area contributed by atoms with Crippen LogP contribution < -0.4 is 4.74 Å². The molecule has 132 valence electrons. The second-order valence-corrected chi connectivity index (χ2v) is 7.75. The van der Waals surface area contributed by atoms with E-state index in [0.29, 0.717) is 18.0 Å². The van der Waals surface area contributed by atoms with Crippen LogP contribution in [0, 0.1) is 5.92 Å². The van der Waals surface area contributed by atoms with Crippen LogP contribution in [0.2, 0.25) is 0 Å². The Labute approximate surface area is 149 Å². The van der Waals surface area contributed by atoms with Crippen LogP contribution in [0.15, 0.2) is 47.1 Å². The van der Waals surface area contributed by atoms with Gasteiger partial charge in [0.25, 0.3) is 0 Å². The summed E-state index contributed by atoms with van der Waals surface area (Å²) in [6, 6.07) is 14.1. The summed E-state index contributed by atoms with van der Waals surface area (Å²) < 4.78 is 11.1. The minimum absolute atomic E-state index is 0.554. The smallest absolute Gasteiger partial charge is 0.119 e. The van der Waals surface area contributed by atoms with Crippen molar-refractivity contribution < 1.29 is 9.15 Å². The summed E-state index contributed by atoms with van der Waals surface area (Å²) >= 11 is 0. The van der Waals surface area contributed by atoms with Gasteiger partial charge in [0, 0.05) is 24.5 Å². The summed E-state index contributed by atoms with van der Waals surface area (Å²) in [7, 11) is 1.76. The van der Waals surface area contributed by atoms with Crippen LogP contribution in [-0.2, 0) is 6.54 Å². The SMILES string of the molecule is COc1cccc([C@H]2CN(Cc3ccco3)[C@@H]3C4CCN(CC4)[C@H]23)c1. The standard InChI is InChI=1S/C21H26N2O2/c1-24-17-5-2-4-16(12-17)19-14-23(13-18-6-3-11-25-18)20-15-7-9-22(10-8-15)21(19)20/h2-6,11-12,15,19-21H,7-10,13-14H2,1H3/t19-,20-,21-/m1/s1. The number of hydrogen-bond acceptors (Lipinski definition) is 4. The zero-order valence-corrected chi connectivity index (χ0v) is 14.8. The maximum atomic E-state index is 5.66. The molecule has 1 aromatic carbocycles. The highest BCUT2D eigenvalue weighted by Gasteiger charge is 2.53. The Bertz CT molecular complexity index is 721. The van der Waals surface area contributed by atoms with E-state index in [1.54, 1.807) is 13.4 Å². The van der Waals surface area contributed by atoms with Gasteiger partial charge in [0.1, 0.15) is 11.5 Å². The summed E-state index contributed by atoms with van der Waals surface area (Å²) in [6.07, 6.45) is 4.49. The molecule has 4 nitrogen and oxygen atoms in total. The van der Waals surface area contributed by atoms with Crippen molar-refractivity contribution in [1.82, 2.24) is 9.80 Å². The molecule has 4 fully saturated rings. The van der Waals surface area contributed by atoms with Gasteiger partial charge in [-0.25, -0.2) is 0 Å². The third kappa shape index (κ3) is 2.59. The summed E-state index contributed by atoms with van der Waals surface area (Å²) in [6.45, 7) is 4.57. The highest BCUT2D eigenvalue weighted by Crippen LogP contribution is 2.47. The molecule has 0 spiro atoms. The molecule has 0 radical (unpaired) electrons. The molecule has 5 heterocycles. The minimum Gasteiger partial charge on any atom is -0.497 e. The van der Waals surface area contributed by atoms with Crippen LogP contribution in [0.5, 0.6) is 5.75 Å². The van der Waals surface area contributed by atoms with Gasteiger partial charge in [0.15, 0.2) is 0 Å². The molecule has 4 aliphatic heterocycles. The van der Waals surface area contributed by atoms with E-state index in [1.807, 2.05) is 12.1 Å². The summed E-state index contributed by atoms with van der Waals surface area (Å²) in [4.78, 5) is 5.43. The van der Waals surface area contributed by atoms with E-state index in [-0.39, 0.29) is 0 Å². The number of furan rings is 1. The first-order valence-electron chi connectivity index (χ1n) is 9.48. The Morgan fingerprint density at radius 3 is 2.76 bits per heavy atom. The zero-order chi connectivity index (χ0) is 16.8. The number of nitrogens with zero attached hydrogens (tertiary/aromatic N) is 2. The summed E-state index contributed by atoms with van der Waals surface area (Å²) in [5.74, 6) is 3.44. The molecule has 1 aromatic heterocycles. The van der Waals surface area contributed by atoms with E-state index >= 15 is 0 Å². The van der Waals surface area contributed by atoms with E-state index in [9.17, 15) is 0 Å². The molecule has 25 heavy (non-hydrogen) atoms. The number of rotatable bonds is 4. The Morgan fingerprint density at radius 2 is 2.00 bits per heavy atom. The van der Waals surface area contributed by atoms with Crippen molar-refractivity contribution in [3.05, 3.63) is 54.0 Å². The fraction of sp³-hybridized carbons (Fsp3) is 0.524. The second kappa shape index (κ2) is 6.19. The lowest BCUT2D eigenvalue weighted by atomic mass is 9.75. The van der Waals surface area contributed by atoms with Crippen molar-refractivity contribution in [2.24, 2.45) is 5.92 Å². The van der Waals surface area contributed by atoms with Crippen molar-refractivity contribution in [1.29, 1.82) is 0 Å². The van der Waals surface area contributed by atoms with E-state index < -0.39 is 0 Å². The van der Waals surface area contributed by atoms with Crippen LogP contribution in [0.1, 0.15) is 30.1 Å². The molecule has 4 saturated heterocycles. The maximum Gasteiger partial charge on any atom is 0.119 e. The largest absolute Gasteiger partial charge is 0.497 e. The first-order chi connectivity index (χ1) is 12.3. The van der Waals surface area contributed by atoms with Crippen LogP contribution in [0.4, 0.5) is 0 Å². The molecule has 0 saturated carbocycles. The number of likely N-dealkylation sites (tertiary alicyclic amines) is 1. The molecule has 0 unspecified atom stereocenters. The molecule has 2 bridgehead atoms. The zero-order valence-electron chi connectivity index (χ0n) is 14.8. The lowest BCUT2D eigenvalue weighted by Crippen LogP contribution is -2.59. The highest BCUT2D eigenvalue weighted by atomic mass is 16.5. The normalized spacial score (nSPS) is 34.2. The van der Waals surface area contributed by atoms with Gasteiger partial charge in [-0.15, -0.1) is 0 Å².